The number of halogens is 1. The summed E-state index contributed by atoms with van der Waals surface area (Å²) in [6.07, 6.45) is 4.63. The molecule has 2 heterocycles. The van der Waals surface area contributed by atoms with Crippen molar-refractivity contribution in [2.75, 3.05) is 46.6 Å². The molecule has 0 aliphatic carbocycles. The highest BCUT2D eigenvalue weighted by Crippen LogP contribution is 2.29. The lowest BCUT2D eigenvalue weighted by Gasteiger charge is -2.30. The van der Waals surface area contributed by atoms with Gasteiger partial charge in [-0.25, -0.2) is 9.37 Å². The van der Waals surface area contributed by atoms with Gasteiger partial charge in [-0.3, -0.25) is 4.90 Å². The second-order valence-corrected chi connectivity index (χ2v) is 8.96. The number of hydrogen-bond acceptors (Lipinski definition) is 7. The van der Waals surface area contributed by atoms with Gasteiger partial charge in [-0.05, 0) is 29.8 Å². The molecular formula is C27H34FN3O5. The highest BCUT2D eigenvalue weighted by Gasteiger charge is 2.33. The lowest BCUT2D eigenvalue weighted by Crippen LogP contribution is -2.48. The van der Waals surface area contributed by atoms with Gasteiger partial charge >= 0.3 is 0 Å². The molecular weight excluding hydrogens is 465 g/mol. The Labute approximate surface area is 211 Å². The lowest BCUT2D eigenvalue weighted by molar-refractivity contribution is -0.0647. The minimum absolute atomic E-state index is 0.000285. The summed E-state index contributed by atoms with van der Waals surface area (Å²) in [4.78, 5) is 6.45. The van der Waals surface area contributed by atoms with Crippen LogP contribution in [0.2, 0.25) is 0 Å². The number of ether oxygens (including phenoxy) is 4. The molecule has 0 unspecified atom stereocenters. The minimum atomic E-state index is -1.22. The molecule has 1 atom stereocenters. The Morgan fingerprint density at radius 3 is 2.86 bits per heavy atom. The molecule has 1 aliphatic heterocycles. The van der Waals surface area contributed by atoms with Crippen molar-refractivity contribution in [2.24, 2.45) is 0 Å². The van der Waals surface area contributed by atoms with Crippen molar-refractivity contribution in [3.63, 3.8) is 0 Å². The first-order chi connectivity index (χ1) is 17.5. The van der Waals surface area contributed by atoms with Crippen LogP contribution in [0.1, 0.15) is 18.3 Å². The normalized spacial score (nSPS) is 18.6. The Balaban J connectivity index is 1.35. The van der Waals surface area contributed by atoms with Crippen molar-refractivity contribution >= 4 is 0 Å². The zero-order valence-electron chi connectivity index (χ0n) is 20.9. The van der Waals surface area contributed by atoms with Crippen molar-refractivity contribution in [2.45, 2.75) is 32.0 Å². The second kappa shape index (κ2) is 12.2. The number of aliphatic hydroxyl groups is 1. The van der Waals surface area contributed by atoms with Gasteiger partial charge in [-0.2, -0.15) is 0 Å². The van der Waals surface area contributed by atoms with Crippen LogP contribution in [0.15, 0.2) is 54.9 Å². The first kappa shape index (κ1) is 25.9. The maximum atomic E-state index is 13.5. The third-order valence-corrected chi connectivity index (χ3v) is 6.09. The van der Waals surface area contributed by atoms with Crippen LogP contribution in [0.4, 0.5) is 4.39 Å². The van der Waals surface area contributed by atoms with Crippen LogP contribution in [-0.2, 0) is 24.2 Å². The zero-order chi connectivity index (χ0) is 25.4. The number of β-amino-alcohol motifs (C(OH)–C–C–N with tert-alkyl or cyclic N) is 1. The van der Waals surface area contributed by atoms with Crippen LogP contribution in [0.3, 0.4) is 0 Å². The fourth-order valence-electron chi connectivity index (χ4n) is 4.29. The molecule has 1 aliphatic rings. The summed E-state index contributed by atoms with van der Waals surface area (Å²) in [5, 5.41) is 11.2. The summed E-state index contributed by atoms with van der Waals surface area (Å²) in [5.74, 6) is 2.36. The number of imidazole rings is 1. The van der Waals surface area contributed by atoms with Crippen molar-refractivity contribution in [1.82, 2.24) is 14.5 Å². The van der Waals surface area contributed by atoms with Crippen molar-refractivity contribution in [3.05, 3.63) is 72.1 Å². The summed E-state index contributed by atoms with van der Waals surface area (Å²) >= 11 is 0. The number of nitrogens with zero attached hydrogens (tertiary/aromatic N) is 3. The topological polar surface area (TPSA) is 78.2 Å². The molecule has 1 N–H and O–H groups in total. The molecule has 2 aromatic carbocycles. The largest absolute Gasteiger partial charge is 0.493 e. The molecule has 0 amide bonds. The molecule has 1 fully saturated rings. The molecule has 0 bridgehead atoms. The molecule has 9 heteroatoms. The smallest absolute Gasteiger partial charge is 0.161 e. The molecule has 0 radical (unpaired) electrons. The molecule has 0 spiro atoms. The van der Waals surface area contributed by atoms with E-state index in [1.807, 2.05) is 24.4 Å². The summed E-state index contributed by atoms with van der Waals surface area (Å²) in [6.45, 7) is 5.53. The maximum absolute atomic E-state index is 13.5. The summed E-state index contributed by atoms with van der Waals surface area (Å²) in [5.41, 5.74) is -0.196. The van der Waals surface area contributed by atoms with Crippen LogP contribution < -0.4 is 14.2 Å². The standard InChI is InChI=1S/C27H34FN3O5/c1-3-26-29-9-10-31(26)12-14-35-24-8-7-21(15-25(24)33-2)17-30-11-13-34-19-27(32,18-30)20-36-23-6-4-5-22(28)16-23/h4-10,15-16,32H,3,11-14,17-20H2,1-2H3/t27-/m0/s1. The summed E-state index contributed by atoms with van der Waals surface area (Å²) in [6, 6.07) is 11.8. The molecule has 8 nitrogen and oxygen atoms in total. The van der Waals surface area contributed by atoms with Crippen LogP contribution in [0.5, 0.6) is 17.2 Å². The number of hydrogen-bond donors (Lipinski definition) is 1. The van der Waals surface area contributed by atoms with Gasteiger partial charge < -0.3 is 28.6 Å². The zero-order valence-corrected chi connectivity index (χ0v) is 20.9. The van der Waals surface area contributed by atoms with Crippen LogP contribution >= 0.6 is 0 Å². The number of rotatable bonds is 11. The van der Waals surface area contributed by atoms with E-state index >= 15 is 0 Å². The minimum Gasteiger partial charge on any atom is -0.493 e. The fourth-order valence-corrected chi connectivity index (χ4v) is 4.29. The molecule has 1 aromatic heterocycles. The van der Waals surface area contributed by atoms with Gasteiger partial charge in [0, 0.05) is 44.5 Å². The van der Waals surface area contributed by atoms with E-state index in [-0.39, 0.29) is 19.0 Å². The third kappa shape index (κ3) is 6.96. The lowest BCUT2D eigenvalue weighted by atomic mass is 10.1. The Morgan fingerprint density at radius 1 is 1.17 bits per heavy atom. The first-order valence-corrected chi connectivity index (χ1v) is 12.2. The van der Waals surface area contributed by atoms with Gasteiger partial charge in [0.1, 0.15) is 36.2 Å². The summed E-state index contributed by atoms with van der Waals surface area (Å²) < 4.78 is 38.4. The van der Waals surface area contributed by atoms with E-state index in [0.717, 1.165) is 17.8 Å². The first-order valence-electron chi connectivity index (χ1n) is 12.2. The van der Waals surface area contributed by atoms with Crippen molar-refractivity contribution in [1.29, 1.82) is 0 Å². The Hall–Kier alpha value is -3.14. The van der Waals surface area contributed by atoms with E-state index in [0.29, 0.717) is 56.6 Å². The van der Waals surface area contributed by atoms with Crippen molar-refractivity contribution in [3.8, 4) is 17.2 Å². The summed E-state index contributed by atoms with van der Waals surface area (Å²) in [7, 11) is 1.62. The molecule has 1 saturated heterocycles. The Kier molecular flexibility index (Phi) is 8.79. The molecule has 36 heavy (non-hydrogen) atoms. The highest BCUT2D eigenvalue weighted by atomic mass is 19.1. The van der Waals surface area contributed by atoms with E-state index < -0.39 is 5.60 Å². The predicted molar refractivity (Wildman–Crippen MR) is 133 cm³/mol. The Bertz CT molecular complexity index is 1120. The molecule has 4 rings (SSSR count). The van der Waals surface area contributed by atoms with Gasteiger partial charge in [0.25, 0.3) is 0 Å². The molecule has 3 aromatic rings. The number of benzene rings is 2. The maximum Gasteiger partial charge on any atom is 0.161 e. The van der Waals surface area contributed by atoms with E-state index in [1.54, 1.807) is 25.4 Å². The average Bonchev–Trinajstić information content (AvgIpc) is 3.25. The number of aryl methyl sites for hydroxylation is 1. The van der Waals surface area contributed by atoms with Crippen LogP contribution in [-0.4, -0.2) is 71.8 Å². The van der Waals surface area contributed by atoms with Gasteiger partial charge in [-0.15, -0.1) is 0 Å². The van der Waals surface area contributed by atoms with E-state index in [2.05, 4.69) is 21.4 Å². The quantitative estimate of drug-likeness (QED) is 0.434. The Morgan fingerprint density at radius 2 is 2.06 bits per heavy atom. The van der Waals surface area contributed by atoms with Gasteiger partial charge in [0.15, 0.2) is 11.5 Å². The van der Waals surface area contributed by atoms with Gasteiger partial charge in [0.2, 0.25) is 0 Å². The van der Waals surface area contributed by atoms with E-state index in [4.69, 9.17) is 18.9 Å². The number of aromatic nitrogens is 2. The van der Waals surface area contributed by atoms with Crippen LogP contribution in [0, 0.1) is 5.82 Å². The fraction of sp³-hybridized carbons (Fsp3) is 0.444. The number of methoxy groups -OCH3 is 1. The van der Waals surface area contributed by atoms with Gasteiger partial charge in [-0.1, -0.05) is 19.1 Å². The van der Waals surface area contributed by atoms with Crippen molar-refractivity contribution < 1.29 is 28.4 Å². The van der Waals surface area contributed by atoms with E-state index in [9.17, 15) is 9.50 Å². The average molecular weight is 500 g/mol. The predicted octanol–water partition coefficient (Wildman–Crippen LogP) is 3.31. The molecule has 0 saturated carbocycles. The van der Waals surface area contributed by atoms with Gasteiger partial charge in [0.05, 0.1) is 26.9 Å². The third-order valence-electron chi connectivity index (χ3n) is 6.09. The van der Waals surface area contributed by atoms with Crippen LogP contribution in [0.25, 0.3) is 0 Å². The second-order valence-electron chi connectivity index (χ2n) is 8.96. The highest BCUT2D eigenvalue weighted by molar-refractivity contribution is 5.43. The molecule has 194 valence electrons. The monoisotopic (exact) mass is 499 g/mol. The SMILES string of the molecule is CCc1nccn1CCOc1ccc(CN2CCOC[C@](O)(COc3cccc(F)c3)C2)cc1OC. The van der Waals surface area contributed by atoms with E-state index in [1.165, 1.54) is 12.1 Å².